The van der Waals surface area contributed by atoms with Crippen molar-refractivity contribution in [3.8, 4) is 134 Å². The number of rotatable bonds is 8. The quantitative estimate of drug-likeness (QED) is 0.142. The Kier molecular flexibility index (Phi) is 10.6. The second kappa shape index (κ2) is 18.4. The molecule has 0 fully saturated rings. The summed E-state index contributed by atoms with van der Waals surface area (Å²) in [6.45, 7) is 18.7. The van der Waals surface area contributed by atoms with Crippen molar-refractivity contribution in [1.29, 1.82) is 0 Å². The number of hydrogen-bond donors (Lipinski definition) is 0. The Morgan fingerprint density at radius 1 is 0.211 bits per heavy atom. The van der Waals surface area contributed by atoms with E-state index < -0.39 is 0 Å². The maximum absolute atomic E-state index is 2.73. The average Bonchev–Trinajstić information content (AvgIpc) is 1.39. The normalized spacial score (nSPS) is 14.1. The summed E-state index contributed by atoms with van der Waals surface area (Å²) in [4.78, 5) is 0. The van der Waals surface area contributed by atoms with E-state index in [1.54, 1.807) is 0 Å². The molecule has 14 aromatic rings. The second-order valence-corrected chi connectivity index (χ2v) is 27.2. The Hall–Kier alpha value is -9.88. The van der Waals surface area contributed by atoms with Gasteiger partial charge in [-0.25, -0.2) is 0 Å². The minimum absolute atomic E-state index is 0.201. The van der Waals surface area contributed by atoms with Crippen LogP contribution in [-0.4, -0.2) is 0 Å². The highest BCUT2D eigenvalue weighted by molar-refractivity contribution is 6.34. The summed E-state index contributed by atoms with van der Waals surface area (Å²) in [5.74, 6) is 0. The van der Waals surface area contributed by atoms with Crippen LogP contribution in [0.15, 0.2) is 218 Å². The maximum Gasteiger partial charge on any atom is 0.0204 e. The zero-order chi connectivity index (χ0) is 60.4. The molecule has 0 aromatic heterocycles. The molecule has 0 atom stereocenters. The van der Waals surface area contributed by atoms with Crippen molar-refractivity contribution in [2.24, 2.45) is 0 Å². The van der Waals surface area contributed by atoms with Gasteiger partial charge in [0.1, 0.15) is 0 Å². The van der Waals surface area contributed by atoms with Crippen LogP contribution >= 0.6 is 0 Å². The topological polar surface area (TPSA) is 0 Å². The lowest BCUT2D eigenvalue weighted by Gasteiger charge is -2.50. The highest BCUT2D eigenvalue weighted by Crippen LogP contribution is 2.67. The molecule has 0 spiro atoms. The molecule has 0 amide bonds. The van der Waals surface area contributed by atoms with E-state index in [0.29, 0.717) is 0 Å². The molecule has 0 N–H and O–H groups in total. The zero-order valence-corrected chi connectivity index (χ0v) is 52.6. The Labute approximate surface area is 528 Å². The van der Waals surface area contributed by atoms with Crippen LogP contribution in [0.1, 0.15) is 97.9 Å². The molecular formula is C90H68. The SMILES string of the molecule is CCC1(CC)c2cc3c(cc2C(CC)(CC)c2cc4c(cc21)-c1ccc2c5c(ccc-4c15)-c1c-2c(-c2ccc(C)cc2)c2ccccc2c1-c1ccc(C)cc1)-c1ccc2c4c(ccc-3c14)-c1c-2c(-c2ccc(C)cc2)c2ccccc2c1-c1ccc(C)cc1. The van der Waals surface area contributed by atoms with Crippen molar-refractivity contribution in [3.63, 3.8) is 0 Å². The third-order valence-electron chi connectivity index (χ3n) is 23.1. The van der Waals surface area contributed by atoms with Gasteiger partial charge in [0, 0.05) is 10.8 Å². The first-order valence-electron chi connectivity index (χ1n) is 33.1. The predicted octanol–water partition coefficient (Wildman–Crippen LogP) is 25.3. The highest BCUT2D eigenvalue weighted by atomic mass is 14.5. The molecule has 5 aliphatic rings. The van der Waals surface area contributed by atoms with E-state index in [1.165, 1.54) is 221 Å². The summed E-state index contributed by atoms with van der Waals surface area (Å²) >= 11 is 0. The Morgan fingerprint density at radius 3 is 0.622 bits per heavy atom. The van der Waals surface area contributed by atoms with Crippen molar-refractivity contribution < 1.29 is 0 Å². The third-order valence-corrected chi connectivity index (χ3v) is 23.1. The summed E-state index contributed by atoms with van der Waals surface area (Å²) in [6.07, 6.45) is 4.06. The maximum atomic E-state index is 2.73. The van der Waals surface area contributed by atoms with Crippen LogP contribution in [0.2, 0.25) is 0 Å². The molecule has 14 aromatic carbocycles. The number of aryl methyl sites for hydroxylation is 4. The zero-order valence-electron chi connectivity index (χ0n) is 52.6. The summed E-state index contributed by atoms with van der Waals surface area (Å²) in [7, 11) is 0. The molecule has 0 aliphatic heterocycles. The van der Waals surface area contributed by atoms with Gasteiger partial charge in [0.05, 0.1) is 0 Å². The minimum atomic E-state index is -0.201. The molecule has 5 aliphatic carbocycles. The van der Waals surface area contributed by atoms with E-state index in [1.807, 2.05) is 0 Å². The van der Waals surface area contributed by atoms with E-state index in [2.05, 4.69) is 274 Å². The van der Waals surface area contributed by atoms with Gasteiger partial charge >= 0.3 is 0 Å². The Bertz CT molecular complexity index is 4880. The van der Waals surface area contributed by atoms with E-state index in [-0.39, 0.29) is 10.8 Å². The van der Waals surface area contributed by atoms with Gasteiger partial charge in [-0.05, 0) is 277 Å². The van der Waals surface area contributed by atoms with Gasteiger partial charge < -0.3 is 0 Å². The lowest BCUT2D eigenvalue weighted by molar-refractivity contribution is 0.388. The lowest BCUT2D eigenvalue weighted by Crippen LogP contribution is -2.42. The van der Waals surface area contributed by atoms with Gasteiger partial charge in [0.25, 0.3) is 0 Å². The van der Waals surface area contributed by atoms with Crippen LogP contribution in [0, 0.1) is 27.7 Å². The number of hydrogen-bond acceptors (Lipinski definition) is 0. The molecule has 19 rings (SSSR count). The Balaban J connectivity index is 0.823. The molecule has 0 heterocycles. The van der Waals surface area contributed by atoms with Gasteiger partial charge in [0.15, 0.2) is 0 Å². The smallest absolute Gasteiger partial charge is 0.0204 e. The van der Waals surface area contributed by atoms with Crippen molar-refractivity contribution in [1.82, 2.24) is 0 Å². The van der Waals surface area contributed by atoms with Gasteiger partial charge in [-0.2, -0.15) is 0 Å². The molecule has 428 valence electrons. The molecular weight excluding hydrogens is 1080 g/mol. The Morgan fingerprint density at radius 2 is 0.411 bits per heavy atom. The van der Waals surface area contributed by atoms with E-state index >= 15 is 0 Å². The first-order valence-corrected chi connectivity index (χ1v) is 33.1. The van der Waals surface area contributed by atoms with E-state index in [9.17, 15) is 0 Å². The molecule has 90 heavy (non-hydrogen) atoms. The molecule has 0 radical (unpaired) electrons. The fraction of sp³-hybridized carbons (Fsp3) is 0.156. The first-order chi connectivity index (χ1) is 44.1. The van der Waals surface area contributed by atoms with Crippen LogP contribution in [0.4, 0.5) is 0 Å². The van der Waals surface area contributed by atoms with Crippen LogP contribution in [-0.2, 0) is 10.8 Å². The van der Waals surface area contributed by atoms with Crippen LogP contribution in [0.25, 0.3) is 177 Å². The van der Waals surface area contributed by atoms with Gasteiger partial charge in [-0.3, -0.25) is 0 Å². The first kappa shape index (κ1) is 52.1. The number of benzene rings is 14. The molecule has 0 bridgehead atoms. The lowest BCUT2D eigenvalue weighted by atomic mass is 9.53. The largest absolute Gasteiger partial charge is 0.0642 e. The number of fused-ring (bicyclic) bond motifs is 16. The summed E-state index contributed by atoms with van der Waals surface area (Å²) < 4.78 is 0. The van der Waals surface area contributed by atoms with Crippen molar-refractivity contribution in [2.75, 3.05) is 0 Å². The van der Waals surface area contributed by atoms with Crippen molar-refractivity contribution in [2.45, 2.75) is 91.9 Å². The summed E-state index contributed by atoms with van der Waals surface area (Å²) in [5.41, 5.74) is 43.1. The predicted molar refractivity (Wildman–Crippen MR) is 384 cm³/mol. The van der Waals surface area contributed by atoms with E-state index in [4.69, 9.17) is 0 Å². The second-order valence-electron chi connectivity index (χ2n) is 27.2. The molecule has 0 unspecified atom stereocenters. The average molecular weight is 1150 g/mol. The van der Waals surface area contributed by atoms with Gasteiger partial charge in [-0.1, -0.05) is 244 Å². The molecule has 0 heteroatoms. The minimum Gasteiger partial charge on any atom is -0.0642 e. The van der Waals surface area contributed by atoms with Crippen LogP contribution in [0.3, 0.4) is 0 Å². The highest BCUT2D eigenvalue weighted by Gasteiger charge is 2.50. The van der Waals surface area contributed by atoms with E-state index in [0.717, 1.165) is 25.7 Å². The standard InChI is InChI=1S/C90H68/c1-9-89(10-2)73-45-69-61-37-41-65-83-67(87-79(55-33-25-51(7)26-34-55)59-19-15-13-17-57(59)77(85(65)87)53-29-21-49(5)22-30-53)43-39-63(81(61)83)71(69)47-75(73)90(11-3,12-4)76-48-72-64-40-44-68-84-66(42-38-62(82(64)84)70(72)46-74(76)89)86-78(54-31-23-50(6)24-32-54)58-18-14-16-20-60(58)80(88(68)86)56-35-27-52(8)28-36-56/h13-48H,9-12H2,1-8H3. The monoisotopic (exact) mass is 1150 g/mol. The summed E-state index contributed by atoms with van der Waals surface area (Å²) in [5, 5.41) is 10.8. The van der Waals surface area contributed by atoms with Crippen molar-refractivity contribution in [3.05, 3.63) is 263 Å². The fourth-order valence-corrected chi connectivity index (χ4v) is 18.7. The molecule has 0 saturated heterocycles. The third kappa shape index (κ3) is 6.46. The molecule has 0 nitrogen and oxygen atoms in total. The fourth-order valence-electron chi connectivity index (χ4n) is 18.7. The molecule has 0 saturated carbocycles. The van der Waals surface area contributed by atoms with Crippen LogP contribution in [0.5, 0.6) is 0 Å². The summed E-state index contributed by atoms with van der Waals surface area (Å²) in [6, 6.07) is 86.4. The van der Waals surface area contributed by atoms with Crippen molar-refractivity contribution >= 4 is 43.1 Å². The van der Waals surface area contributed by atoms with Gasteiger partial charge in [-0.15, -0.1) is 0 Å². The van der Waals surface area contributed by atoms with Gasteiger partial charge in [0.2, 0.25) is 0 Å². The van der Waals surface area contributed by atoms with Crippen LogP contribution < -0.4 is 0 Å².